The summed E-state index contributed by atoms with van der Waals surface area (Å²) in [6, 6.07) is 5.56. The van der Waals surface area contributed by atoms with Crippen LogP contribution in [0.4, 0.5) is 0 Å². The molecule has 0 fully saturated rings. The number of ether oxygens (including phenoxy) is 4. The molecule has 0 spiro atoms. The summed E-state index contributed by atoms with van der Waals surface area (Å²) >= 11 is 0. The van der Waals surface area contributed by atoms with Crippen LogP contribution in [-0.2, 0) is 6.42 Å². The van der Waals surface area contributed by atoms with Crippen LogP contribution in [0.25, 0.3) is 0 Å². The van der Waals surface area contributed by atoms with Gasteiger partial charge in [-0.05, 0) is 35.6 Å². The van der Waals surface area contributed by atoms with E-state index in [2.05, 4.69) is 13.8 Å². The maximum absolute atomic E-state index is 13.4. The molecule has 5 nitrogen and oxygen atoms in total. The minimum Gasteiger partial charge on any atom is -0.497 e. The third-order valence-electron chi connectivity index (χ3n) is 4.81. The summed E-state index contributed by atoms with van der Waals surface area (Å²) in [5.41, 5.74) is 3.82. The number of benzene rings is 2. The summed E-state index contributed by atoms with van der Waals surface area (Å²) in [5.74, 6) is 2.55. The Bertz CT molecular complexity index is 867. The van der Waals surface area contributed by atoms with Gasteiger partial charge in [0.05, 0.1) is 39.6 Å². The summed E-state index contributed by atoms with van der Waals surface area (Å²) in [4.78, 5) is 13.4. The van der Waals surface area contributed by atoms with Crippen LogP contribution >= 0.6 is 0 Å². The van der Waals surface area contributed by atoms with Gasteiger partial charge in [0.2, 0.25) is 5.78 Å². The molecule has 0 aromatic heterocycles. The van der Waals surface area contributed by atoms with Gasteiger partial charge in [-0.25, -0.2) is 0 Å². The Morgan fingerprint density at radius 3 is 2.00 bits per heavy atom. The standard InChI is InChI=1S/C21H24O5/c1-11(2)17-15(24-4)9-13-7-12-8-14(23-3)10-16(25-5)18(12)20(22)19(13)21(17)26-6/h8-11H,7H2,1-6H3. The van der Waals surface area contributed by atoms with Crippen LogP contribution in [-0.4, -0.2) is 34.2 Å². The highest BCUT2D eigenvalue weighted by atomic mass is 16.5. The average molecular weight is 356 g/mol. The summed E-state index contributed by atoms with van der Waals surface area (Å²) in [7, 11) is 6.38. The predicted molar refractivity (Wildman–Crippen MR) is 99.4 cm³/mol. The molecule has 0 atom stereocenters. The van der Waals surface area contributed by atoms with Crippen molar-refractivity contribution in [3.8, 4) is 23.0 Å². The Hall–Kier alpha value is -2.69. The summed E-state index contributed by atoms with van der Waals surface area (Å²) in [6.07, 6.45) is 0.578. The van der Waals surface area contributed by atoms with Gasteiger partial charge in [-0.1, -0.05) is 13.8 Å². The van der Waals surface area contributed by atoms with E-state index in [-0.39, 0.29) is 11.7 Å². The van der Waals surface area contributed by atoms with Crippen molar-refractivity contribution in [1.29, 1.82) is 0 Å². The predicted octanol–water partition coefficient (Wildman–Crippen LogP) is 3.98. The highest BCUT2D eigenvalue weighted by Gasteiger charge is 2.33. The van der Waals surface area contributed by atoms with Gasteiger partial charge in [0.15, 0.2) is 0 Å². The minimum atomic E-state index is -0.0952. The second-order valence-electron chi connectivity index (χ2n) is 6.58. The van der Waals surface area contributed by atoms with E-state index >= 15 is 0 Å². The Labute approximate surface area is 153 Å². The molecule has 0 radical (unpaired) electrons. The van der Waals surface area contributed by atoms with E-state index in [1.165, 1.54) is 0 Å². The molecule has 1 aliphatic rings. The van der Waals surface area contributed by atoms with Crippen molar-refractivity contribution in [2.45, 2.75) is 26.2 Å². The molecular weight excluding hydrogens is 332 g/mol. The summed E-state index contributed by atoms with van der Waals surface area (Å²) in [6.45, 7) is 4.11. The van der Waals surface area contributed by atoms with Crippen molar-refractivity contribution in [3.05, 3.63) is 46.0 Å². The van der Waals surface area contributed by atoms with E-state index in [4.69, 9.17) is 18.9 Å². The lowest BCUT2D eigenvalue weighted by Gasteiger charge is -2.26. The van der Waals surface area contributed by atoms with E-state index in [0.717, 1.165) is 22.4 Å². The molecular formula is C21H24O5. The second kappa shape index (κ2) is 6.90. The van der Waals surface area contributed by atoms with Gasteiger partial charge in [-0.15, -0.1) is 0 Å². The van der Waals surface area contributed by atoms with E-state index in [1.54, 1.807) is 34.5 Å². The molecule has 5 heteroatoms. The van der Waals surface area contributed by atoms with E-state index in [0.29, 0.717) is 34.8 Å². The smallest absolute Gasteiger partial charge is 0.201 e. The van der Waals surface area contributed by atoms with Crippen LogP contribution in [0.3, 0.4) is 0 Å². The highest BCUT2D eigenvalue weighted by molar-refractivity contribution is 6.16. The zero-order valence-electron chi connectivity index (χ0n) is 16.1. The van der Waals surface area contributed by atoms with Gasteiger partial charge < -0.3 is 18.9 Å². The molecule has 2 aromatic carbocycles. The van der Waals surface area contributed by atoms with Gasteiger partial charge in [0, 0.05) is 11.6 Å². The van der Waals surface area contributed by atoms with Gasteiger partial charge in [-0.2, -0.15) is 0 Å². The van der Waals surface area contributed by atoms with Gasteiger partial charge in [0.25, 0.3) is 0 Å². The van der Waals surface area contributed by atoms with Gasteiger partial charge >= 0.3 is 0 Å². The SMILES string of the molecule is COc1cc2c(c(OC)c1)C(=O)c1c(cc(OC)c(C(C)C)c1OC)C2. The average Bonchev–Trinajstić information content (AvgIpc) is 2.64. The molecule has 2 aromatic rings. The largest absolute Gasteiger partial charge is 0.497 e. The molecule has 0 heterocycles. The molecule has 26 heavy (non-hydrogen) atoms. The van der Waals surface area contributed by atoms with Gasteiger partial charge in [0.1, 0.15) is 23.0 Å². The lowest BCUT2D eigenvalue weighted by Crippen LogP contribution is -2.19. The molecule has 0 unspecified atom stereocenters. The Kier molecular flexibility index (Phi) is 4.81. The molecule has 0 saturated heterocycles. The van der Waals surface area contributed by atoms with Crippen LogP contribution in [0.5, 0.6) is 23.0 Å². The van der Waals surface area contributed by atoms with Crippen molar-refractivity contribution < 1.29 is 23.7 Å². The monoisotopic (exact) mass is 356 g/mol. The normalized spacial score (nSPS) is 12.5. The number of methoxy groups -OCH3 is 4. The third kappa shape index (κ3) is 2.68. The number of carbonyl (C=O) groups is 1. The van der Waals surface area contributed by atoms with Crippen LogP contribution < -0.4 is 18.9 Å². The molecule has 3 rings (SSSR count). The molecule has 138 valence electrons. The fourth-order valence-corrected chi connectivity index (χ4v) is 3.67. The van der Waals surface area contributed by atoms with Gasteiger partial charge in [-0.3, -0.25) is 4.79 Å². The van der Waals surface area contributed by atoms with Crippen LogP contribution in [0.1, 0.15) is 52.4 Å². The highest BCUT2D eigenvalue weighted by Crippen LogP contribution is 2.45. The maximum atomic E-state index is 13.4. The summed E-state index contributed by atoms with van der Waals surface area (Å²) < 4.78 is 22.1. The number of fused-ring (bicyclic) bond motifs is 2. The van der Waals surface area contributed by atoms with E-state index in [9.17, 15) is 4.79 Å². The molecule has 0 amide bonds. The lowest BCUT2D eigenvalue weighted by molar-refractivity contribution is 0.102. The quantitative estimate of drug-likeness (QED) is 0.692. The van der Waals surface area contributed by atoms with Crippen molar-refractivity contribution in [2.75, 3.05) is 28.4 Å². The number of ketones is 1. The lowest BCUT2D eigenvalue weighted by atomic mass is 9.81. The first-order chi connectivity index (χ1) is 12.5. The Morgan fingerprint density at radius 1 is 0.808 bits per heavy atom. The molecule has 0 N–H and O–H groups in total. The van der Waals surface area contributed by atoms with E-state index < -0.39 is 0 Å². The maximum Gasteiger partial charge on any atom is 0.201 e. The number of hydrogen-bond acceptors (Lipinski definition) is 5. The molecule has 0 aliphatic heterocycles. The minimum absolute atomic E-state index is 0.0952. The van der Waals surface area contributed by atoms with Crippen molar-refractivity contribution in [3.63, 3.8) is 0 Å². The van der Waals surface area contributed by atoms with Crippen LogP contribution in [0, 0.1) is 0 Å². The Balaban J connectivity index is 2.30. The second-order valence-corrected chi connectivity index (χ2v) is 6.58. The molecule has 0 saturated carbocycles. The third-order valence-corrected chi connectivity index (χ3v) is 4.81. The van der Waals surface area contributed by atoms with Crippen molar-refractivity contribution in [1.82, 2.24) is 0 Å². The van der Waals surface area contributed by atoms with Crippen molar-refractivity contribution in [2.24, 2.45) is 0 Å². The zero-order chi connectivity index (χ0) is 19.0. The number of rotatable bonds is 5. The molecule has 0 bridgehead atoms. The Morgan fingerprint density at radius 2 is 1.46 bits per heavy atom. The van der Waals surface area contributed by atoms with Crippen LogP contribution in [0.2, 0.25) is 0 Å². The molecule has 1 aliphatic carbocycles. The van der Waals surface area contributed by atoms with Crippen molar-refractivity contribution >= 4 is 5.78 Å². The first-order valence-electron chi connectivity index (χ1n) is 8.54. The fourth-order valence-electron chi connectivity index (χ4n) is 3.67. The summed E-state index contributed by atoms with van der Waals surface area (Å²) in [5, 5.41) is 0. The first kappa shape index (κ1) is 18.1. The number of hydrogen-bond donors (Lipinski definition) is 0. The first-order valence-corrected chi connectivity index (χ1v) is 8.54. The number of carbonyl (C=O) groups excluding carboxylic acids is 1. The zero-order valence-corrected chi connectivity index (χ0v) is 16.1. The van der Waals surface area contributed by atoms with E-state index in [1.807, 2.05) is 12.1 Å². The fraction of sp³-hybridized carbons (Fsp3) is 0.381. The topological polar surface area (TPSA) is 54.0 Å². The van der Waals surface area contributed by atoms with Crippen LogP contribution in [0.15, 0.2) is 18.2 Å².